The van der Waals surface area contributed by atoms with Crippen molar-refractivity contribution in [3.8, 4) is 0 Å². The molecule has 52 heavy (non-hydrogen) atoms. The van der Waals surface area contributed by atoms with Gasteiger partial charge in [0.15, 0.2) is 11.0 Å². The van der Waals surface area contributed by atoms with E-state index < -0.39 is 40.0 Å². The Labute approximate surface area is 306 Å². The Balaban J connectivity index is 1.43. The van der Waals surface area contributed by atoms with Gasteiger partial charge in [-0.2, -0.15) is 0 Å². The number of nitrogens with one attached hydrogen (secondary N) is 3. The average molecular weight is 740 g/mol. The lowest BCUT2D eigenvalue weighted by Gasteiger charge is -2.25. The van der Waals surface area contributed by atoms with E-state index in [9.17, 15) is 22.8 Å². The van der Waals surface area contributed by atoms with Crippen molar-refractivity contribution in [2.75, 3.05) is 6.54 Å². The van der Waals surface area contributed by atoms with Gasteiger partial charge in [0.2, 0.25) is 27.6 Å². The van der Waals surface area contributed by atoms with E-state index in [1.54, 1.807) is 60.0 Å². The van der Waals surface area contributed by atoms with Crippen LogP contribution in [0.1, 0.15) is 39.3 Å². The third kappa shape index (κ3) is 11.3. The number of carbonyl (C=O) groups excluding carboxylic acids is 3. The highest BCUT2D eigenvalue weighted by atomic mass is 32.2. The third-order valence-corrected chi connectivity index (χ3v) is 10.4. The first kappa shape index (κ1) is 37.8. The molecule has 0 radical (unpaired) electrons. The number of rotatable bonds is 18. The predicted octanol–water partition coefficient (Wildman–Crippen LogP) is 3.48. The molecule has 0 saturated heterocycles. The summed E-state index contributed by atoms with van der Waals surface area (Å²) < 4.78 is 29.4. The Bertz CT molecular complexity index is 2090. The number of nitrogens with two attached hydrogens (primary N) is 2. The van der Waals surface area contributed by atoms with Crippen molar-refractivity contribution in [2.24, 2.45) is 16.5 Å². The van der Waals surface area contributed by atoms with Crippen LogP contribution in [0, 0.1) is 0 Å². The van der Waals surface area contributed by atoms with Crippen molar-refractivity contribution in [1.29, 1.82) is 0 Å². The van der Waals surface area contributed by atoms with Gasteiger partial charge in [0.25, 0.3) is 0 Å². The van der Waals surface area contributed by atoms with Crippen molar-refractivity contribution in [1.82, 2.24) is 20.3 Å². The molecule has 0 bridgehead atoms. The van der Waals surface area contributed by atoms with Crippen LogP contribution in [-0.2, 0) is 38.2 Å². The molecule has 270 valence electrons. The minimum absolute atomic E-state index is 0.0287. The molecule has 5 aromatic rings. The SMILES string of the molecule is NC(N)=NCCCC(NC(=O)C(Cc1ccc2ccccc2c1)NC(=O)C(Cc1ccccc1)NS(=O)(=O)Cc1ccccc1)C(=O)c1nccs1. The standard InChI is InChI=1S/C38H41N7O5S2/c39-38(40)42-19-9-16-31(34(46)37-41-20-21-51-37)43-35(47)32(24-28-17-18-29-14-7-8-15-30(29)22-28)44-36(48)33(23-26-10-3-1-4-11-26)45-52(49,50)25-27-12-5-2-6-13-27/h1-8,10-15,17-18,20-22,31-33,45H,9,16,19,23-25H2,(H,43,47)(H,44,48)(H4,39,40,42). The Kier molecular flexibility index (Phi) is 13.2. The van der Waals surface area contributed by atoms with Gasteiger partial charge in [-0.3, -0.25) is 19.4 Å². The monoisotopic (exact) mass is 739 g/mol. The fraction of sp³-hybridized carbons (Fsp3) is 0.237. The van der Waals surface area contributed by atoms with Gasteiger partial charge < -0.3 is 22.1 Å². The minimum Gasteiger partial charge on any atom is -0.370 e. The smallest absolute Gasteiger partial charge is 0.243 e. The van der Waals surface area contributed by atoms with Crippen LogP contribution in [0.15, 0.2) is 120 Å². The second-order valence-electron chi connectivity index (χ2n) is 12.3. The molecular weight excluding hydrogens is 699 g/mol. The number of carbonyl (C=O) groups is 3. The molecule has 1 heterocycles. The van der Waals surface area contributed by atoms with Crippen LogP contribution in [0.3, 0.4) is 0 Å². The van der Waals surface area contributed by atoms with Crippen LogP contribution in [0.25, 0.3) is 10.8 Å². The number of aromatic nitrogens is 1. The summed E-state index contributed by atoms with van der Waals surface area (Å²) in [6.45, 7) is 0.237. The number of hydrogen-bond acceptors (Lipinski definition) is 8. The summed E-state index contributed by atoms with van der Waals surface area (Å²) >= 11 is 1.15. The molecule has 0 aliphatic carbocycles. The number of hydrogen-bond donors (Lipinski definition) is 5. The number of thiazole rings is 1. The topological polar surface area (TPSA) is 199 Å². The number of ketones is 1. The maximum absolute atomic E-state index is 14.2. The zero-order valence-corrected chi connectivity index (χ0v) is 30.0. The van der Waals surface area contributed by atoms with E-state index in [0.29, 0.717) is 12.0 Å². The van der Waals surface area contributed by atoms with Crippen molar-refractivity contribution >= 4 is 55.7 Å². The Morgan fingerprint density at radius 3 is 2.02 bits per heavy atom. The maximum atomic E-state index is 14.2. The number of Topliss-reactive ketones (excluding diaryl/α,β-unsaturated/α-hetero) is 1. The molecule has 0 saturated carbocycles. The molecule has 0 aliphatic rings. The molecule has 2 amide bonds. The van der Waals surface area contributed by atoms with Crippen LogP contribution in [-0.4, -0.2) is 61.6 Å². The zero-order chi connectivity index (χ0) is 36.9. The van der Waals surface area contributed by atoms with E-state index >= 15 is 0 Å². The molecule has 5 rings (SSSR count). The summed E-state index contributed by atoms with van der Waals surface area (Å²) in [4.78, 5) is 50.0. The number of sulfonamides is 1. The zero-order valence-electron chi connectivity index (χ0n) is 28.4. The normalized spacial score (nSPS) is 13.1. The first-order chi connectivity index (χ1) is 25.1. The fourth-order valence-corrected chi connectivity index (χ4v) is 7.68. The quantitative estimate of drug-likeness (QED) is 0.0390. The van der Waals surface area contributed by atoms with Crippen molar-refractivity contribution < 1.29 is 22.8 Å². The number of benzene rings is 4. The number of guanidine groups is 1. The summed E-state index contributed by atoms with van der Waals surface area (Å²) in [5.41, 5.74) is 13.0. The summed E-state index contributed by atoms with van der Waals surface area (Å²) in [5, 5.41) is 9.49. The van der Waals surface area contributed by atoms with Gasteiger partial charge in [-0.1, -0.05) is 103 Å². The average Bonchev–Trinajstić information content (AvgIpc) is 3.68. The van der Waals surface area contributed by atoms with Crippen LogP contribution >= 0.6 is 11.3 Å². The molecule has 12 nitrogen and oxygen atoms in total. The number of fused-ring (bicyclic) bond motifs is 1. The van der Waals surface area contributed by atoms with E-state index in [-0.39, 0.29) is 48.3 Å². The predicted molar refractivity (Wildman–Crippen MR) is 204 cm³/mol. The first-order valence-electron chi connectivity index (χ1n) is 16.7. The highest BCUT2D eigenvalue weighted by molar-refractivity contribution is 7.88. The molecule has 4 aromatic carbocycles. The molecule has 0 fully saturated rings. The fourth-order valence-electron chi connectivity index (χ4n) is 5.71. The lowest BCUT2D eigenvalue weighted by atomic mass is 9.99. The van der Waals surface area contributed by atoms with Crippen molar-refractivity contribution in [2.45, 2.75) is 49.6 Å². The lowest BCUT2D eigenvalue weighted by Crippen LogP contribution is -2.57. The highest BCUT2D eigenvalue weighted by Crippen LogP contribution is 2.18. The minimum atomic E-state index is -4.00. The highest BCUT2D eigenvalue weighted by Gasteiger charge is 2.32. The Hall–Kier alpha value is -5.44. The molecule has 14 heteroatoms. The molecule has 0 aliphatic heterocycles. The molecule has 3 unspecified atom stereocenters. The van der Waals surface area contributed by atoms with Crippen molar-refractivity contribution in [3.05, 3.63) is 136 Å². The van der Waals surface area contributed by atoms with E-state index in [1.807, 2.05) is 48.5 Å². The van der Waals surface area contributed by atoms with Crippen molar-refractivity contribution in [3.63, 3.8) is 0 Å². The van der Waals surface area contributed by atoms with E-state index in [1.165, 1.54) is 6.20 Å². The number of amides is 2. The molecule has 1 aromatic heterocycles. The Morgan fingerprint density at radius 1 is 0.731 bits per heavy atom. The maximum Gasteiger partial charge on any atom is 0.243 e. The molecule has 0 spiro atoms. The summed E-state index contributed by atoms with van der Waals surface area (Å²) in [7, 11) is -4.00. The summed E-state index contributed by atoms with van der Waals surface area (Å²) in [5.74, 6) is -2.14. The van der Waals surface area contributed by atoms with Gasteiger partial charge >= 0.3 is 0 Å². The van der Waals surface area contributed by atoms with Crippen LogP contribution in [0.5, 0.6) is 0 Å². The third-order valence-electron chi connectivity index (χ3n) is 8.23. The molecular formula is C38H41N7O5S2. The molecule has 7 N–H and O–H groups in total. The van der Waals surface area contributed by atoms with E-state index in [0.717, 1.165) is 33.2 Å². The lowest BCUT2D eigenvalue weighted by molar-refractivity contribution is -0.130. The second-order valence-corrected chi connectivity index (χ2v) is 14.9. The number of nitrogens with zero attached hydrogens (tertiary/aromatic N) is 2. The van der Waals surface area contributed by atoms with Gasteiger partial charge in [-0.25, -0.2) is 18.1 Å². The van der Waals surface area contributed by atoms with Crippen LogP contribution in [0.4, 0.5) is 0 Å². The number of aliphatic imine (C=N–C) groups is 1. The van der Waals surface area contributed by atoms with Gasteiger partial charge in [0.05, 0.1) is 11.8 Å². The largest absolute Gasteiger partial charge is 0.370 e. The van der Waals surface area contributed by atoms with E-state index in [4.69, 9.17) is 11.5 Å². The van der Waals surface area contributed by atoms with Crippen LogP contribution in [0.2, 0.25) is 0 Å². The van der Waals surface area contributed by atoms with Crippen LogP contribution < -0.4 is 26.8 Å². The second kappa shape index (κ2) is 18.2. The van der Waals surface area contributed by atoms with Gasteiger partial charge in [0, 0.05) is 24.5 Å². The van der Waals surface area contributed by atoms with Gasteiger partial charge in [0.1, 0.15) is 12.1 Å². The van der Waals surface area contributed by atoms with E-state index in [2.05, 4.69) is 25.3 Å². The van der Waals surface area contributed by atoms with Gasteiger partial charge in [-0.15, -0.1) is 11.3 Å². The molecule has 3 atom stereocenters. The van der Waals surface area contributed by atoms with Gasteiger partial charge in [-0.05, 0) is 46.7 Å². The first-order valence-corrected chi connectivity index (χ1v) is 19.2. The Morgan fingerprint density at radius 2 is 1.35 bits per heavy atom. The summed E-state index contributed by atoms with van der Waals surface area (Å²) in [6, 6.07) is 27.7. The summed E-state index contributed by atoms with van der Waals surface area (Å²) in [6.07, 6.45) is 2.17.